The SMILES string of the molecule is O=COC(=O)CS. The zero-order valence-electron chi connectivity index (χ0n) is 3.46. The molecule has 0 atom stereocenters. The summed E-state index contributed by atoms with van der Waals surface area (Å²) in [4.78, 5) is 19.2. The Hall–Kier alpha value is -0.510. The molecular formula is C3H4O3S. The van der Waals surface area contributed by atoms with Gasteiger partial charge in [0.05, 0.1) is 5.75 Å². The van der Waals surface area contributed by atoms with Crippen molar-refractivity contribution in [2.75, 3.05) is 5.75 Å². The molecule has 0 aliphatic carbocycles. The Morgan fingerprint density at radius 1 is 1.86 bits per heavy atom. The average molecular weight is 120 g/mol. The van der Waals surface area contributed by atoms with Crippen LogP contribution in [-0.2, 0) is 14.3 Å². The average Bonchev–Trinajstić information content (AvgIpc) is 1.68. The van der Waals surface area contributed by atoms with Crippen molar-refractivity contribution in [1.29, 1.82) is 0 Å². The van der Waals surface area contributed by atoms with Crippen molar-refractivity contribution in [2.24, 2.45) is 0 Å². The number of thiol groups is 1. The zero-order chi connectivity index (χ0) is 5.70. The number of esters is 1. The maximum absolute atomic E-state index is 9.88. The third kappa shape index (κ3) is 3.32. The lowest BCUT2D eigenvalue weighted by Crippen LogP contribution is -2.02. The maximum Gasteiger partial charge on any atom is 0.323 e. The number of hydrogen-bond acceptors (Lipinski definition) is 4. The molecule has 0 aliphatic rings. The van der Waals surface area contributed by atoms with E-state index >= 15 is 0 Å². The summed E-state index contributed by atoms with van der Waals surface area (Å²) in [7, 11) is 0. The molecule has 0 spiro atoms. The fourth-order valence-electron chi connectivity index (χ4n) is 0.0909. The molecule has 0 aromatic carbocycles. The van der Waals surface area contributed by atoms with Crippen molar-refractivity contribution in [2.45, 2.75) is 0 Å². The van der Waals surface area contributed by atoms with Gasteiger partial charge in [0.1, 0.15) is 0 Å². The third-order valence-electron chi connectivity index (χ3n) is 0.309. The van der Waals surface area contributed by atoms with Crippen LogP contribution in [0.1, 0.15) is 0 Å². The smallest absolute Gasteiger partial charge is 0.323 e. The Morgan fingerprint density at radius 2 is 2.43 bits per heavy atom. The van der Waals surface area contributed by atoms with Crippen molar-refractivity contribution in [3.63, 3.8) is 0 Å². The molecule has 40 valence electrons. The Labute approximate surface area is 46.1 Å². The highest BCUT2D eigenvalue weighted by molar-refractivity contribution is 7.81. The summed E-state index contributed by atoms with van der Waals surface area (Å²) in [6, 6.07) is 0. The molecule has 0 aromatic rings. The van der Waals surface area contributed by atoms with Crippen molar-refractivity contribution in [1.82, 2.24) is 0 Å². The molecule has 0 rings (SSSR count). The third-order valence-corrected chi connectivity index (χ3v) is 0.567. The molecule has 0 aliphatic heterocycles. The second-order valence-corrected chi connectivity index (χ2v) is 1.06. The Kier molecular flexibility index (Phi) is 3.40. The monoisotopic (exact) mass is 120 g/mol. The highest BCUT2D eigenvalue weighted by Gasteiger charge is 1.92. The summed E-state index contributed by atoms with van der Waals surface area (Å²) in [6.07, 6.45) is 0. The summed E-state index contributed by atoms with van der Waals surface area (Å²) < 4.78 is 3.80. The first kappa shape index (κ1) is 6.49. The van der Waals surface area contributed by atoms with E-state index in [-0.39, 0.29) is 12.2 Å². The van der Waals surface area contributed by atoms with Gasteiger partial charge in [0, 0.05) is 0 Å². The van der Waals surface area contributed by atoms with Crippen molar-refractivity contribution >= 4 is 25.1 Å². The number of rotatable bonds is 2. The van der Waals surface area contributed by atoms with E-state index in [1.54, 1.807) is 0 Å². The van der Waals surface area contributed by atoms with E-state index in [0.717, 1.165) is 0 Å². The fourth-order valence-corrected chi connectivity index (χ4v) is 0.165. The van der Waals surface area contributed by atoms with E-state index in [1.165, 1.54) is 0 Å². The molecule has 0 saturated heterocycles. The largest absolute Gasteiger partial charge is 0.395 e. The van der Waals surface area contributed by atoms with Gasteiger partial charge in [-0.05, 0) is 0 Å². The van der Waals surface area contributed by atoms with Crippen molar-refractivity contribution in [3.8, 4) is 0 Å². The van der Waals surface area contributed by atoms with Gasteiger partial charge >= 0.3 is 12.4 Å². The van der Waals surface area contributed by atoms with Crippen LogP contribution < -0.4 is 0 Å². The van der Waals surface area contributed by atoms with Crippen molar-refractivity contribution < 1.29 is 14.3 Å². The van der Waals surface area contributed by atoms with Crippen LogP contribution in [0.4, 0.5) is 0 Å². The summed E-state index contributed by atoms with van der Waals surface area (Å²) in [5.74, 6) is -0.683. The van der Waals surface area contributed by atoms with E-state index in [4.69, 9.17) is 0 Å². The van der Waals surface area contributed by atoms with Gasteiger partial charge in [0.25, 0.3) is 0 Å². The molecule has 4 heteroatoms. The number of ether oxygens (including phenoxy) is 1. The quantitative estimate of drug-likeness (QED) is 0.234. The van der Waals surface area contributed by atoms with Crippen LogP contribution in [0.15, 0.2) is 0 Å². The van der Waals surface area contributed by atoms with Crippen LogP contribution in [0, 0.1) is 0 Å². The second kappa shape index (κ2) is 3.67. The first-order valence-corrected chi connectivity index (χ1v) is 2.18. The molecule has 0 bridgehead atoms. The minimum absolute atomic E-state index is 0.0568. The van der Waals surface area contributed by atoms with E-state index in [0.29, 0.717) is 0 Å². The lowest BCUT2D eigenvalue weighted by molar-refractivity contribution is -0.149. The molecule has 0 aromatic heterocycles. The molecule has 0 heterocycles. The minimum atomic E-state index is -0.627. The van der Waals surface area contributed by atoms with Gasteiger partial charge in [-0.3, -0.25) is 9.59 Å². The number of carbonyl (C=O) groups is 2. The fraction of sp³-hybridized carbons (Fsp3) is 0.333. The predicted octanol–water partition coefficient (Wildman–Crippen LogP) is -0.384. The van der Waals surface area contributed by atoms with Gasteiger partial charge in [0.2, 0.25) is 0 Å². The number of carbonyl (C=O) groups excluding carboxylic acids is 2. The van der Waals surface area contributed by atoms with Gasteiger partial charge in [-0.15, -0.1) is 0 Å². The van der Waals surface area contributed by atoms with Gasteiger partial charge in [-0.2, -0.15) is 12.6 Å². The maximum atomic E-state index is 9.88. The van der Waals surface area contributed by atoms with Crippen LogP contribution in [0.2, 0.25) is 0 Å². The Morgan fingerprint density at radius 3 is 2.57 bits per heavy atom. The summed E-state index contributed by atoms with van der Waals surface area (Å²) in [5.41, 5.74) is 0. The molecule has 0 saturated carbocycles. The highest BCUT2D eigenvalue weighted by atomic mass is 32.1. The van der Waals surface area contributed by atoms with Crippen LogP contribution in [0.5, 0.6) is 0 Å². The molecule has 0 radical (unpaired) electrons. The highest BCUT2D eigenvalue weighted by Crippen LogP contribution is 1.75. The Balaban J connectivity index is 3.17. The van der Waals surface area contributed by atoms with E-state index in [9.17, 15) is 9.59 Å². The van der Waals surface area contributed by atoms with Crippen LogP contribution in [0.25, 0.3) is 0 Å². The van der Waals surface area contributed by atoms with E-state index < -0.39 is 5.97 Å². The Bertz CT molecular complexity index is 80.2. The van der Waals surface area contributed by atoms with Crippen LogP contribution in [0.3, 0.4) is 0 Å². The summed E-state index contributed by atoms with van der Waals surface area (Å²) >= 11 is 3.52. The first-order valence-electron chi connectivity index (χ1n) is 1.55. The second-order valence-electron chi connectivity index (χ2n) is 0.744. The molecule has 0 N–H and O–H groups in total. The van der Waals surface area contributed by atoms with Crippen LogP contribution in [-0.4, -0.2) is 18.2 Å². The molecule has 7 heavy (non-hydrogen) atoms. The summed E-state index contributed by atoms with van der Waals surface area (Å²) in [6.45, 7) is 0.0819. The predicted molar refractivity (Wildman–Crippen MR) is 26.0 cm³/mol. The first-order chi connectivity index (χ1) is 3.31. The molecule has 0 fully saturated rings. The molecular weight excluding hydrogens is 116 g/mol. The topological polar surface area (TPSA) is 43.4 Å². The zero-order valence-corrected chi connectivity index (χ0v) is 4.35. The number of hydrogen-bond donors (Lipinski definition) is 1. The van der Waals surface area contributed by atoms with E-state index in [1.807, 2.05) is 0 Å². The van der Waals surface area contributed by atoms with Crippen molar-refractivity contribution in [3.05, 3.63) is 0 Å². The normalized spacial score (nSPS) is 7.57. The lowest BCUT2D eigenvalue weighted by atomic mass is 10.8. The molecule has 0 unspecified atom stereocenters. The van der Waals surface area contributed by atoms with Crippen LogP contribution >= 0.6 is 12.6 Å². The van der Waals surface area contributed by atoms with E-state index in [2.05, 4.69) is 17.4 Å². The standard InChI is InChI=1S/C3H4O3S/c4-2-6-3(5)1-7/h2,7H,1H2. The molecule has 0 amide bonds. The van der Waals surface area contributed by atoms with Gasteiger partial charge in [-0.1, -0.05) is 0 Å². The van der Waals surface area contributed by atoms with Gasteiger partial charge in [-0.25, -0.2) is 0 Å². The summed E-state index contributed by atoms with van der Waals surface area (Å²) in [5, 5.41) is 0. The van der Waals surface area contributed by atoms with Gasteiger partial charge < -0.3 is 4.74 Å². The molecule has 3 nitrogen and oxygen atoms in total. The minimum Gasteiger partial charge on any atom is -0.395 e. The van der Waals surface area contributed by atoms with Gasteiger partial charge in [0.15, 0.2) is 0 Å². The lowest BCUT2D eigenvalue weighted by Gasteiger charge is -1.84.